The van der Waals surface area contributed by atoms with Gasteiger partial charge in [-0.1, -0.05) is 30.3 Å². The maximum atomic E-state index is 5.13. The quantitative estimate of drug-likeness (QED) is 0.315. The number of aromatic nitrogens is 4. The van der Waals surface area contributed by atoms with E-state index in [9.17, 15) is 0 Å². The van der Waals surface area contributed by atoms with Crippen molar-refractivity contribution in [1.29, 1.82) is 0 Å². The maximum Gasteiger partial charge on any atom is 0.147 e. The summed E-state index contributed by atoms with van der Waals surface area (Å²) in [4.78, 5) is 14.3. The van der Waals surface area contributed by atoms with Crippen molar-refractivity contribution in [1.82, 2.24) is 19.4 Å². The van der Waals surface area contributed by atoms with Crippen LogP contribution in [0.3, 0.4) is 0 Å². The number of pyridine rings is 3. The van der Waals surface area contributed by atoms with Crippen LogP contribution < -0.4 is 0 Å². The maximum absolute atomic E-state index is 5.13. The van der Waals surface area contributed by atoms with Crippen molar-refractivity contribution in [3.63, 3.8) is 0 Å². The Morgan fingerprint density at radius 3 is 2.58 bits per heavy atom. The fraction of sp³-hybridized carbons (Fsp3) is 0.0741. The molecule has 0 fully saturated rings. The Balaban J connectivity index is 1.52. The summed E-state index contributed by atoms with van der Waals surface area (Å²) < 4.78 is 2.27. The van der Waals surface area contributed by atoms with E-state index in [-0.39, 0.29) is 0 Å². The third kappa shape index (κ3) is 1.88. The summed E-state index contributed by atoms with van der Waals surface area (Å²) in [6.07, 6.45) is 7.54. The van der Waals surface area contributed by atoms with Crippen LogP contribution in [-0.4, -0.2) is 19.4 Å². The highest BCUT2D eigenvalue weighted by atomic mass is 15.1. The highest BCUT2D eigenvalue weighted by Gasteiger charge is 2.30. The largest absolute Gasteiger partial charge is 0.275 e. The number of fused-ring (bicyclic) bond motifs is 13. The predicted octanol–water partition coefficient (Wildman–Crippen LogP) is 5.57. The van der Waals surface area contributed by atoms with Crippen LogP contribution in [0.4, 0.5) is 0 Å². The fourth-order valence-corrected chi connectivity index (χ4v) is 5.62. The zero-order chi connectivity index (χ0) is 20.1. The Hall–Kier alpha value is -4.05. The van der Waals surface area contributed by atoms with Gasteiger partial charge in [0.05, 0.1) is 11.4 Å². The second-order valence-corrected chi connectivity index (χ2v) is 8.54. The normalized spacial score (nSPS) is 13.5. The minimum Gasteiger partial charge on any atom is -0.275 e. The average molecular weight is 396 g/mol. The van der Waals surface area contributed by atoms with E-state index in [0.29, 0.717) is 0 Å². The third-order valence-corrected chi connectivity index (χ3v) is 6.93. The molecule has 6 aromatic rings. The van der Waals surface area contributed by atoms with Crippen molar-refractivity contribution < 1.29 is 0 Å². The Labute approximate surface area is 177 Å². The Morgan fingerprint density at radius 2 is 1.58 bits per heavy atom. The first-order valence-corrected chi connectivity index (χ1v) is 10.6. The van der Waals surface area contributed by atoms with Crippen LogP contribution in [0, 0.1) is 0 Å². The van der Waals surface area contributed by atoms with Crippen molar-refractivity contribution in [2.45, 2.75) is 12.8 Å². The van der Waals surface area contributed by atoms with Crippen LogP contribution in [0.1, 0.15) is 22.4 Å². The molecule has 0 bridgehead atoms. The van der Waals surface area contributed by atoms with E-state index in [1.165, 1.54) is 39.1 Å². The molecule has 0 amide bonds. The standard InChI is InChI=1S/C27H16N4/c1-2-5-18-15(4-1)10-16-11-17-12-24-25(22(17)13-21(16)18)31-26-19(6-3-8-29-26)23-14-28-9-7-20(23)27(31)30-24/h1-9,11,13-14H,10,12H2. The van der Waals surface area contributed by atoms with Gasteiger partial charge in [0.2, 0.25) is 0 Å². The topological polar surface area (TPSA) is 43.1 Å². The van der Waals surface area contributed by atoms with Crippen molar-refractivity contribution in [3.05, 3.63) is 95.6 Å². The summed E-state index contributed by atoms with van der Waals surface area (Å²) in [7, 11) is 0. The van der Waals surface area contributed by atoms with Crippen LogP contribution in [-0.2, 0) is 12.8 Å². The van der Waals surface area contributed by atoms with Gasteiger partial charge < -0.3 is 0 Å². The summed E-state index contributed by atoms with van der Waals surface area (Å²) in [6.45, 7) is 0. The summed E-state index contributed by atoms with van der Waals surface area (Å²) in [5.74, 6) is 0. The van der Waals surface area contributed by atoms with Crippen LogP contribution in [0.25, 0.3) is 49.8 Å². The van der Waals surface area contributed by atoms with E-state index in [2.05, 4.69) is 57.9 Å². The molecule has 31 heavy (non-hydrogen) atoms. The lowest BCUT2D eigenvalue weighted by atomic mass is 9.99. The molecule has 2 aromatic carbocycles. The van der Waals surface area contributed by atoms with Gasteiger partial charge in [0, 0.05) is 46.7 Å². The van der Waals surface area contributed by atoms with E-state index >= 15 is 0 Å². The number of benzene rings is 2. The van der Waals surface area contributed by atoms with Crippen molar-refractivity contribution in [2.24, 2.45) is 0 Å². The molecule has 0 radical (unpaired) electrons. The van der Waals surface area contributed by atoms with Crippen molar-refractivity contribution in [3.8, 4) is 22.4 Å². The molecule has 0 aliphatic heterocycles. The summed E-state index contributed by atoms with van der Waals surface area (Å²) >= 11 is 0. The van der Waals surface area contributed by atoms with E-state index in [4.69, 9.17) is 9.97 Å². The van der Waals surface area contributed by atoms with E-state index in [1.807, 2.05) is 24.7 Å². The second-order valence-electron chi connectivity index (χ2n) is 8.54. The minimum atomic E-state index is 0.872. The molecule has 4 heterocycles. The molecule has 0 unspecified atom stereocenters. The Kier molecular flexibility index (Phi) is 2.72. The fourth-order valence-electron chi connectivity index (χ4n) is 5.62. The molecule has 0 N–H and O–H groups in total. The number of rotatable bonds is 0. The monoisotopic (exact) mass is 396 g/mol. The molecular weight excluding hydrogens is 380 g/mol. The molecule has 2 aliphatic carbocycles. The SMILES string of the molecule is c1ccc2c(c1)Cc1cc3c(cc1-2)-c1c(nc2c4ccncc4c4cccnc4n12)C3. The highest BCUT2D eigenvalue weighted by molar-refractivity contribution is 6.11. The molecule has 0 atom stereocenters. The van der Waals surface area contributed by atoms with Gasteiger partial charge in [0.15, 0.2) is 0 Å². The summed E-state index contributed by atoms with van der Waals surface area (Å²) in [5, 5.41) is 3.33. The Bertz CT molecular complexity index is 1740. The lowest BCUT2D eigenvalue weighted by Crippen LogP contribution is -1.97. The van der Waals surface area contributed by atoms with E-state index in [0.717, 1.165) is 46.0 Å². The summed E-state index contributed by atoms with van der Waals surface area (Å²) in [6, 6.07) is 19.8. The molecule has 8 rings (SSSR count). The first-order valence-electron chi connectivity index (χ1n) is 10.6. The van der Waals surface area contributed by atoms with Gasteiger partial charge in [-0.3, -0.25) is 9.38 Å². The van der Waals surface area contributed by atoms with Gasteiger partial charge in [0.1, 0.15) is 11.3 Å². The average Bonchev–Trinajstić information content (AvgIpc) is 3.47. The van der Waals surface area contributed by atoms with E-state index < -0.39 is 0 Å². The lowest BCUT2D eigenvalue weighted by Gasteiger charge is -2.11. The highest BCUT2D eigenvalue weighted by Crippen LogP contribution is 2.46. The molecule has 0 saturated heterocycles. The van der Waals surface area contributed by atoms with Crippen LogP contribution >= 0.6 is 0 Å². The van der Waals surface area contributed by atoms with Crippen LogP contribution in [0.5, 0.6) is 0 Å². The first-order chi connectivity index (χ1) is 15.4. The first kappa shape index (κ1) is 15.7. The second kappa shape index (κ2) is 5.35. The summed E-state index contributed by atoms with van der Waals surface area (Å²) in [5.41, 5.74) is 12.5. The Morgan fingerprint density at radius 1 is 0.677 bits per heavy atom. The van der Waals surface area contributed by atoms with Gasteiger partial charge in [0.25, 0.3) is 0 Å². The van der Waals surface area contributed by atoms with E-state index in [1.54, 1.807) is 0 Å². The number of hydrogen-bond acceptors (Lipinski definition) is 3. The number of imidazole rings is 1. The van der Waals surface area contributed by atoms with Crippen LogP contribution in [0.2, 0.25) is 0 Å². The molecular formula is C27H16N4. The van der Waals surface area contributed by atoms with Gasteiger partial charge in [-0.05, 0) is 58.5 Å². The molecule has 2 aliphatic rings. The molecule has 4 heteroatoms. The number of hydrogen-bond donors (Lipinski definition) is 0. The molecule has 4 aromatic heterocycles. The molecule has 0 saturated carbocycles. The molecule has 0 spiro atoms. The zero-order valence-electron chi connectivity index (χ0n) is 16.6. The molecule has 4 nitrogen and oxygen atoms in total. The minimum absolute atomic E-state index is 0.872. The molecule has 144 valence electrons. The smallest absolute Gasteiger partial charge is 0.147 e. The van der Waals surface area contributed by atoms with Crippen molar-refractivity contribution >= 4 is 27.5 Å². The van der Waals surface area contributed by atoms with Gasteiger partial charge >= 0.3 is 0 Å². The number of nitrogens with zero attached hydrogens (tertiary/aromatic N) is 4. The lowest BCUT2D eigenvalue weighted by molar-refractivity contribution is 1.15. The van der Waals surface area contributed by atoms with Crippen LogP contribution in [0.15, 0.2) is 73.2 Å². The van der Waals surface area contributed by atoms with Crippen molar-refractivity contribution in [2.75, 3.05) is 0 Å². The predicted molar refractivity (Wildman–Crippen MR) is 122 cm³/mol. The zero-order valence-corrected chi connectivity index (χ0v) is 16.6. The third-order valence-electron chi connectivity index (χ3n) is 6.93. The van der Waals surface area contributed by atoms with Gasteiger partial charge in [-0.2, -0.15) is 0 Å². The van der Waals surface area contributed by atoms with Gasteiger partial charge in [-0.15, -0.1) is 0 Å². The van der Waals surface area contributed by atoms with Gasteiger partial charge in [-0.25, -0.2) is 9.97 Å².